The van der Waals surface area contributed by atoms with Gasteiger partial charge in [-0.3, -0.25) is 4.79 Å². The standard InChI is InChI=1S/C11H13N5OS/c1-6-9(18-5-16-6)4-15-11-8(10(13)17)2-7(12)3-14-11/h2-3,5H,4,12H2,1H3,(H2,13,17)(H,14,15). The third kappa shape index (κ3) is 2.57. The Morgan fingerprint density at radius 1 is 1.50 bits per heavy atom. The quantitative estimate of drug-likeness (QED) is 0.766. The summed E-state index contributed by atoms with van der Waals surface area (Å²) >= 11 is 1.54. The van der Waals surface area contributed by atoms with Crippen LogP contribution in [0.25, 0.3) is 0 Å². The number of aryl methyl sites for hydroxylation is 1. The second kappa shape index (κ2) is 5.01. The first-order chi connectivity index (χ1) is 8.58. The number of aromatic nitrogens is 2. The number of carbonyl (C=O) groups excluding carboxylic acids is 1. The van der Waals surface area contributed by atoms with Crippen molar-refractivity contribution in [2.45, 2.75) is 13.5 Å². The van der Waals surface area contributed by atoms with Gasteiger partial charge in [-0.25, -0.2) is 9.97 Å². The Morgan fingerprint density at radius 2 is 2.28 bits per heavy atom. The summed E-state index contributed by atoms with van der Waals surface area (Å²) in [4.78, 5) is 20.6. The molecule has 0 radical (unpaired) electrons. The molecule has 0 atom stereocenters. The summed E-state index contributed by atoms with van der Waals surface area (Å²) in [6.07, 6.45) is 1.48. The monoisotopic (exact) mass is 263 g/mol. The zero-order valence-electron chi connectivity index (χ0n) is 9.80. The van der Waals surface area contributed by atoms with Gasteiger partial charge in [-0.05, 0) is 13.0 Å². The average molecular weight is 263 g/mol. The molecular formula is C11H13N5OS. The molecule has 6 nitrogen and oxygen atoms in total. The Kier molecular flexibility index (Phi) is 3.42. The number of nitrogens with one attached hydrogen (secondary N) is 1. The number of carbonyl (C=O) groups is 1. The van der Waals surface area contributed by atoms with Crippen molar-refractivity contribution >= 4 is 28.7 Å². The van der Waals surface area contributed by atoms with Crippen LogP contribution in [-0.4, -0.2) is 15.9 Å². The van der Waals surface area contributed by atoms with Crippen LogP contribution in [-0.2, 0) is 6.54 Å². The molecule has 2 rings (SSSR count). The minimum Gasteiger partial charge on any atom is -0.397 e. The summed E-state index contributed by atoms with van der Waals surface area (Å²) in [6.45, 7) is 2.48. The number of pyridine rings is 1. The molecule has 0 fully saturated rings. The SMILES string of the molecule is Cc1ncsc1CNc1ncc(N)cc1C(N)=O. The zero-order chi connectivity index (χ0) is 13.1. The third-order valence-corrected chi connectivity index (χ3v) is 3.37. The van der Waals surface area contributed by atoms with Gasteiger partial charge in [0.25, 0.3) is 5.91 Å². The lowest BCUT2D eigenvalue weighted by molar-refractivity contribution is 0.100. The molecule has 0 saturated carbocycles. The van der Waals surface area contributed by atoms with E-state index in [1.54, 1.807) is 16.8 Å². The molecule has 0 aromatic carbocycles. The van der Waals surface area contributed by atoms with Gasteiger partial charge in [0.1, 0.15) is 5.82 Å². The van der Waals surface area contributed by atoms with Crippen LogP contribution in [0.5, 0.6) is 0 Å². The van der Waals surface area contributed by atoms with Gasteiger partial charge in [0.2, 0.25) is 0 Å². The van der Waals surface area contributed by atoms with Crippen LogP contribution in [0.2, 0.25) is 0 Å². The highest BCUT2D eigenvalue weighted by Crippen LogP contribution is 2.18. The lowest BCUT2D eigenvalue weighted by atomic mass is 10.2. The Hall–Kier alpha value is -2.15. The summed E-state index contributed by atoms with van der Waals surface area (Å²) in [5.74, 6) is -0.122. The number of hydrogen-bond acceptors (Lipinski definition) is 6. The smallest absolute Gasteiger partial charge is 0.252 e. The summed E-state index contributed by atoms with van der Waals surface area (Å²) in [5, 5.41) is 3.07. The number of rotatable bonds is 4. The summed E-state index contributed by atoms with van der Waals surface area (Å²) in [6, 6.07) is 1.51. The maximum Gasteiger partial charge on any atom is 0.252 e. The second-order valence-corrected chi connectivity index (χ2v) is 4.68. The fourth-order valence-corrected chi connectivity index (χ4v) is 2.19. The van der Waals surface area contributed by atoms with Gasteiger partial charge >= 0.3 is 0 Å². The molecular weight excluding hydrogens is 250 g/mol. The van der Waals surface area contributed by atoms with Gasteiger partial charge in [0, 0.05) is 4.88 Å². The van der Waals surface area contributed by atoms with E-state index in [-0.39, 0.29) is 5.56 Å². The van der Waals surface area contributed by atoms with Crippen LogP contribution in [0, 0.1) is 6.92 Å². The highest BCUT2D eigenvalue weighted by atomic mass is 32.1. The topological polar surface area (TPSA) is 107 Å². The minimum atomic E-state index is -0.557. The Labute approximate surface area is 108 Å². The summed E-state index contributed by atoms with van der Waals surface area (Å²) < 4.78 is 0. The molecule has 2 aromatic heterocycles. The van der Waals surface area contributed by atoms with Crippen molar-refractivity contribution in [3.63, 3.8) is 0 Å². The number of nitrogen functional groups attached to an aromatic ring is 1. The second-order valence-electron chi connectivity index (χ2n) is 3.74. The zero-order valence-corrected chi connectivity index (χ0v) is 10.6. The number of thiazole rings is 1. The van der Waals surface area contributed by atoms with Crippen molar-refractivity contribution in [1.82, 2.24) is 9.97 Å². The van der Waals surface area contributed by atoms with Crippen LogP contribution in [0.3, 0.4) is 0 Å². The van der Waals surface area contributed by atoms with E-state index >= 15 is 0 Å². The van der Waals surface area contributed by atoms with Gasteiger partial charge < -0.3 is 16.8 Å². The van der Waals surface area contributed by atoms with E-state index in [0.29, 0.717) is 18.1 Å². The van der Waals surface area contributed by atoms with E-state index in [1.807, 2.05) is 6.92 Å². The molecule has 0 unspecified atom stereocenters. The Bertz CT molecular complexity index is 581. The maximum atomic E-state index is 11.3. The van der Waals surface area contributed by atoms with Crippen molar-refractivity contribution in [3.8, 4) is 0 Å². The Morgan fingerprint density at radius 3 is 2.89 bits per heavy atom. The highest BCUT2D eigenvalue weighted by Gasteiger charge is 2.10. The first-order valence-electron chi connectivity index (χ1n) is 5.26. The van der Waals surface area contributed by atoms with E-state index < -0.39 is 5.91 Å². The minimum absolute atomic E-state index is 0.289. The molecule has 1 amide bonds. The van der Waals surface area contributed by atoms with Crippen LogP contribution in [0.15, 0.2) is 17.8 Å². The van der Waals surface area contributed by atoms with E-state index in [4.69, 9.17) is 11.5 Å². The molecule has 0 bridgehead atoms. The fraction of sp³-hybridized carbons (Fsp3) is 0.182. The molecule has 5 N–H and O–H groups in total. The maximum absolute atomic E-state index is 11.3. The third-order valence-electron chi connectivity index (χ3n) is 2.44. The first-order valence-corrected chi connectivity index (χ1v) is 6.14. The van der Waals surface area contributed by atoms with Crippen LogP contribution in [0.4, 0.5) is 11.5 Å². The van der Waals surface area contributed by atoms with E-state index in [2.05, 4.69) is 15.3 Å². The van der Waals surface area contributed by atoms with Crippen LogP contribution < -0.4 is 16.8 Å². The van der Waals surface area contributed by atoms with Crippen LogP contribution >= 0.6 is 11.3 Å². The lowest BCUT2D eigenvalue weighted by Gasteiger charge is -2.08. The van der Waals surface area contributed by atoms with Crippen molar-refractivity contribution in [2.24, 2.45) is 5.73 Å². The number of nitrogens with two attached hydrogens (primary N) is 2. The van der Waals surface area contributed by atoms with Crippen molar-refractivity contribution in [3.05, 3.63) is 33.9 Å². The average Bonchev–Trinajstić information content (AvgIpc) is 2.73. The number of hydrogen-bond donors (Lipinski definition) is 3. The Balaban J connectivity index is 2.19. The molecule has 0 spiro atoms. The molecule has 7 heteroatoms. The number of amides is 1. The summed E-state index contributed by atoms with van der Waals surface area (Å²) in [5.41, 5.74) is 14.3. The molecule has 18 heavy (non-hydrogen) atoms. The predicted molar refractivity (Wildman–Crippen MR) is 71.3 cm³/mol. The van der Waals surface area contributed by atoms with Crippen molar-refractivity contribution in [1.29, 1.82) is 0 Å². The fourth-order valence-electron chi connectivity index (χ4n) is 1.47. The van der Waals surface area contributed by atoms with Gasteiger partial charge in [-0.15, -0.1) is 11.3 Å². The van der Waals surface area contributed by atoms with Gasteiger partial charge in [-0.1, -0.05) is 0 Å². The summed E-state index contributed by atoms with van der Waals surface area (Å²) in [7, 11) is 0. The molecule has 0 saturated heterocycles. The molecule has 2 aromatic rings. The molecule has 2 heterocycles. The van der Waals surface area contributed by atoms with Gasteiger partial charge in [-0.2, -0.15) is 0 Å². The van der Waals surface area contributed by atoms with Gasteiger partial charge in [0.15, 0.2) is 0 Å². The predicted octanol–water partition coefficient (Wildman–Crippen LogP) is 1.14. The highest BCUT2D eigenvalue weighted by molar-refractivity contribution is 7.09. The number of primary amides is 1. The lowest BCUT2D eigenvalue weighted by Crippen LogP contribution is -2.16. The first kappa shape index (κ1) is 12.3. The van der Waals surface area contributed by atoms with E-state index in [0.717, 1.165) is 10.6 Å². The number of anilines is 2. The van der Waals surface area contributed by atoms with Crippen molar-refractivity contribution in [2.75, 3.05) is 11.1 Å². The van der Waals surface area contributed by atoms with Crippen molar-refractivity contribution < 1.29 is 4.79 Å². The largest absolute Gasteiger partial charge is 0.397 e. The molecule has 0 aliphatic heterocycles. The number of nitrogens with zero attached hydrogens (tertiary/aromatic N) is 2. The van der Waals surface area contributed by atoms with Gasteiger partial charge in [0.05, 0.1) is 35.2 Å². The van der Waals surface area contributed by atoms with Crippen LogP contribution in [0.1, 0.15) is 20.9 Å². The molecule has 0 aliphatic rings. The molecule has 94 valence electrons. The van der Waals surface area contributed by atoms with E-state index in [1.165, 1.54) is 12.3 Å². The molecule has 0 aliphatic carbocycles. The van der Waals surface area contributed by atoms with E-state index in [9.17, 15) is 4.79 Å². The normalized spacial score (nSPS) is 10.3.